The molecule has 3 aromatic rings. The van der Waals surface area contributed by atoms with Crippen LogP contribution in [-0.4, -0.2) is 30.4 Å². The number of fused-ring (bicyclic) bond motifs is 1. The van der Waals surface area contributed by atoms with E-state index in [1.807, 2.05) is 13.8 Å². The predicted octanol–water partition coefficient (Wildman–Crippen LogP) is 5.56. The van der Waals surface area contributed by atoms with Gasteiger partial charge in [0.25, 0.3) is 0 Å². The number of rotatable bonds is 9. The van der Waals surface area contributed by atoms with E-state index >= 15 is 0 Å². The van der Waals surface area contributed by atoms with Crippen LogP contribution in [0.4, 0.5) is 11.4 Å². The molecule has 0 aliphatic carbocycles. The summed E-state index contributed by atoms with van der Waals surface area (Å²) < 4.78 is 17.2. The lowest BCUT2D eigenvalue weighted by Gasteiger charge is -2.33. The molecule has 1 unspecified atom stereocenters. The van der Waals surface area contributed by atoms with E-state index in [4.69, 9.17) is 14.2 Å². The number of methoxy groups -OCH3 is 2. The summed E-state index contributed by atoms with van der Waals surface area (Å²) in [5, 5.41) is 13.4. The molecule has 0 aliphatic rings. The maximum absolute atomic E-state index is 13.0. The summed E-state index contributed by atoms with van der Waals surface area (Å²) in [6.07, 6.45) is 3.74. The van der Waals surface area contributed by atoms with Crippen LogP contribution in [0, 0.1) is 10.3 Å². The van der Waals surface area contributed by atoms with Crippen molar-refractivity contribution in [1.29, 1.82) is 0 Å². The molecular weight excluding hydrogens is 426 g/mol. The molecule has 0 bridgehead atoms. The van der Waals surface area contributed by atoms with Gasteiger partial charge in [-0.05, 0) is 35.5 Å². The quantitative estimate of drug-likeness (QED) is 0.188. The van der Waals surface area contributed by atoms with Crippen molar-refractivity contribution in [2.75, 3.05) is 19.7 Å². The molecule has 3 rings (SSSR count). The first kappa shape index (κ1) is 23.7. The molecule has 0 spiro atoms. The summed E-state index contributed by atoms with van der Waals surface area (Å²) in [6, 6.07) is 7.81. The summed E-state index contributed by atoms with van der Waals surface area (Å²) in [6.45, 7) is 7.59. The molecule has 1 aromatic heterocycles. The number of pyridine rings is 1. The minimum atomic E-state index is -0.888. The maximum Gasteiger partial charge on any atom is 0.340 e. The Morgan fingerprint density at radius 2 is 2.00 bits per heavy atom. The van der Waals surface area contributed by atoms with Crippen LogP contribution in [0.1, 0.15) is 35.9 Å². The average molecular weight is 451 g/mol. The highest BCUT2D eigenvalue weighted by atomic mass is 16.5. The second kappa shape index (κ2) is 9.66. The molecular formula is C24H25N3O6. The van der Waals surface area contributed by atoms with Gasteiger partial charge in [-0.2, -0.15) is 0 Å². The summed E-state index contributed by atoms with van der Waals surface area (Å²) in [5.41, 5.74) is 2.40. The number of nitroso groups, excluding NO2 is 1. The molecule has 2 N–H and O–H groups in total. The van der Waals surface area contributed by atoms with E-state index < -0.39 is 17.5 Å². The number of carbonyl (C=O) groups is 1. The zero-order valence-electron chi connectivity index (χ0n) is 18.8. The first-order chi connectivity index (χ1) is 15.8. The van der Waals surface area contributed by atoms with E-state index in [0.717, 1.165) is 0 Å². The topological polar surface area (TPSA) is 119 Å². The van der Waals surface area contributed by atoms with E-state index in [-0.39, 0.29) is 22.7 Å². The van der Waals surface area contributed by atoms with Gasteiger partial charge in [0.15, 0.2) is 0 Å². The summed E-state index contributed by atoms with van der Waals surface area (Å²) in [5.74, 6) is -0.0368. The molecule has 33 heavy (non-hydrogen) atoms. The Bertz CT molecular complexity index is 1190. The predicted molar refractivity (Wildman–Crippen MR) is 124 cm³/mol. The van der Waals surface area contributed by atoms with Gasteiger partial charge in [-0.1, -0.05) is 19.9 Å². The lowest BCUT2D eigenvalue weighted by Crippen LogP contribution is -2.26. The van der Waals surface area contributed by atoms with Gasteiger partial charge < -0.3 is 14.2 Å². The van der Waals surface area contributed by atoms with Gasteiger partial charge >= 0.3 is 5.97 Å². The molecule has 172 valence electrons. The van der Waals surface area contributed by atoms with E-state index in [2.05, 4.69) is 22.2 Å². The van der Waals surface area contributed by atoms with Crippen molar-refractivity contribution >= 4 is 28.1 Å². The van der Waals surface area contributed by atoms with Gasteiger partial charge in [0.1, 0.15) is 23.3 Å². The van der Waals surface area contributed by atoms with Gasteiger partial charge in [0.2, 0.25) is 0 Å². The first-order valence-electron chi connectivity index (χ1n) is 10.0. The van der Waals surface area contributed by atoms with E-state index in [1.54, 1.807) is 30.5 Å². The van der Waals surface area contributed by atoms with Gasteiger partial charge in [0, 0.05) is 23.4 Å². The van der Waals surface area contributed by atoms with Gasteiger partial charge in [-0.15, -0.1) is 11.5 Å². The van der Waals surface area contributed by atoms with Crippen molar-refractivity contribution in [1.82, 2.24) is 4.98 Å². The van der Waals surface area contributed by atoms with Crippen molar-refractivity contribution in [2.45, 2.75) is 20.0 Å². The Balaban J connectivity index is 2.34. The Kier molecular flexibility index (Phi) is 6.93. The van der Waals surface area contributed by atoms with Crippen LogP contribution in [0.3, 0.4) is 0 Å². The zero-order chi connectivity index (χ0) is 24.2. The summed E-state index contributed by atoms with van der Waals surface area (Å²) in [7, 11) is 2.88. The molecule has 9 nitrogen and oxygen atoms in total. The minimum Gasteiger partial charge on any atom is -0.496 e. The normalized spacial score (nSPS) is 12.0. The largest absolute Gasteiger partial charge is 0.496 e. The molecule has 1 heterocycles. The molecule has 0 aliphatic heterocycles. The third kappa shape index (κ3) is 4.35. The molecule has 0 radical (unpaired) electrons. The fraction of sp³-hybridized carbons (Fsp3) is 0.250. The minimum absolute atomic E-state index is 0.0646. The van der Waals surface area contributed by atoms with Crippen molar-refractivity contribution in [3.8, 4) is 11.5 Å². The number of benzene rings is 2. The van der Waals surface area contributed by atoms with Crippen LogP contribution in [0.2, 0.25) is 0 Å². The highest BCUT2D eigenvalue weighted by molar-refractivity contribution is 6.08. The Morgan fingerprint density at radius 3 is 2.55 bits per heavy atom. The molecule has 2 aromatic carbocycles. The zero-order valence-corrected chi connectivity index (χ0v) is 18.8. The number of carbonyl (C=O) groups excluding carboxylic acids is 1. The van der Waals surface area contributed by atoms with E-state index in [9.17, 15) is 14.9 Å². The SMILES string of the molecule is C=CC(C)(C)C(OC(=O)c1cccnc1)c1cc(OC)c2c(NO)ccc(N=O)c2c1OC. The Labute approximate surface area is 190 Å². The highest BCUT2D eigenvalue weighted by Crippen LogP contribution is 2.51. The number of hydrogen-bond donors (Lipinski definition) is 2. The van der Waals surface area contributed by atoms with Crippen molar-refractivity contribution in [2.24, 2.45) is 10.6 Å². The fourth-order valence-electron chi connectivity index (χ4n) is 3.63. The third-order valence-corrected chi connectivity index (χ3v) is 5.45. The third-order valence-electron chi connectivity index (χ3n) is 5.45. The Morgan fingerprint density at radius 1 is 1.24 bits per heavy atom. The molecule has 0 amide bonds. The van der Waals surface area contributed by atoms with Gasteiger partial charge in [-0.3, -0.25) is 15.7 Å². The summed E-state index contributed by atoms with van der Waals surface area (Å²) in [4.78, 5) is 28.6. The maximum atomic E-state index is 13.0. The molecule has 9 heteroatoms. The van der Waals surface area contributed by atoms with Crippen LogP contribution in [0.5, 0.6) is 11.5 Å². The van der Waals surface area contributed by atoms with Crippen LogP contribution >= 0.6 is 0 Å². The standard InChI is InChI=1S/C24H25N3O6/c1-6-24(2,3)22(33-23(28)14-8-7-11-25-13-14)15-12-18(31-4)19-16(26-29)9-10-17(27-30)20(19)21(15)32-5/h6-13,22,26,29H,1H2,2-5H3. The number of hydrogen-bond acceptors (Lipinski definition) is 9. The van der Waals surface area contributed by atoms with E-state index in [0.29, 0.717) is 22.1 Å². The van der Waals surface area contributed by atoms with E-state index in [1.165, 1.54) is 32.5 Å². The van der Waals surface area contributed by atoms with Crippen LogP contribution in [-0.2, 0) is 4.74 Å². The molecule has 0 saturated heterocycles. The molecule has 0 saturated carbocycles. The fourth-order valence-corrected chi connectivity index (χ4v) is 3.63. The lowest BCUT2D eigenvalue weighted by atomic mass is 9.81. The molecule has 0 fully saturated rings. The highest BCUT2D eigenvalue weighted by Gasteiger charge is 2.36. The summed E-state index contributed by atoms with van der Waals surface area (Å²) >= 11 is 0. The number of aromatic nitrogens is 1. The van der Waals surface area contributed by atoms with Crippen LogP contribution < -0.4 is 15.0 Å². The molecule has 1 atom stereocenters. The second-order valence-electron chi connectivity index (χ2n) is 7.84. The van der Waals surface area contributed by atoms with Crippen molar-refractivity contribution in [3.05, 3.63) is 71.4 Å². The van der Waals surface area contributed by atoms with Gasteiger partial charge in [-0.25, -0.2) is 4.79 Å². The number of ether oxygens (including phenoxy) is 3. The van der Waals surface area contributed by atoms with Crippen molar-refractivity contribution < 1.29 is 24.2 Å². The van der Waals surface area contributed by atoms with Crippen LogP contribution in [0.25, 0.3) is 10.8 Å². The monoisotopic (exact) mass is 451 g/mol. The van der Waals surface area contributed by atoms with Crippen molar-refractivity contribution in [3.63, 3.8) is 0 Å². The average Bonchev–Trinajstić information content (AvgIpc) is 2.85. The number of esters is 1. The smallest absolute Gasteiger partial charge is 0.340 e. The second-order valence-corrected chi connectivity index (χ2v) is 7.84. The lowest BCUT2D eigenvalue weighted by molar-refractivity contribution is 0.00275. The number of nitrogens with one attached hydrogen (secondary N) is 1. The Hall–Kier alpha value is -3.98. The van der Waals surface area contributed by atoms with Gasteiger partial charge in [0.05, 0.1) is 36.2 Å². The van der Waals surface area contributed by atoms with Crippen LogP contribution in [0.15, 0.2) is 60.6 Å². The number of nitrogens with zero attached hydrogens (tertiary/aromatic N) is 2. The number of anilines is 1. The first-order valence-corrected chi connectivity index (χ1v) is 10.0.